The van der Waals surface area contributed by atoms with Gasteiger partial charge in [-0.3, -0.25) is 0 Å². The van der Waals surface area contributed by atoms with E-state index in [2.05, 4.69) is 96.7 Å². The minimum Gasteiger partial charge on any atom is -0.493 e. The molecular weight excluding hydrogens is 1100 g/mol. The number of anilines is 4. The predicted octanol–water partition coefficient (Wildman–Crippen LogP) is 9.20. The van der Waals surface area contributed by atoms with E-state index in [0.29, 0.717) is 62.6 Å². The first-order chi connectivity index (χ1) is 41.2. The number of methoxy groups -OCH3 is 2. The second-order valence-electron chi connectivity index (χ2n) is 16.9. The van der Waals surface area contributed by atoms with Crippen LogP contribution in [0.2, 0.25) is 0 Å². The first-order valence-electron chi connectivity index (χ1n) is 25.0. The molecule has 27 heteroatoms. The van der Waals surface area contributed by atoms with Crippen molar-refractivity contribution < 1.29 is 52.6 Å². The van der Waals surface area contributed by atoms with E-state index in [4.69, 9.17) is 46.6 Å². The third-order valence-electron chi connectivity index (χ3n) is 11.2. The van der Waals surface area contributed by atoms with E-state index in [1.807, 2.05) is 75.4 Å². The zero-order chi connectivity index (χ0) is 61.1. The fourth-order valence-corrected chi connectivity index (χ4v) is 7.31. The third-order valence-corrected chi connectivity index (χ3v) is 11.2. The van der Waals surface area contributed by atoms with Gasteiger partial charge in [0, 0.05) is 5.39 Å². The molecule has 0 aliphatic rings. The minimum atomic E-state index is -0.425. The third kappa shape index (κ3) is 17.6. The molecule has 0 radical (unpaired) electrons. The lowest BCUT2D eigenvalue weighted by Crippen LogP contribution is -2.03. The van der Waals surface area contributed by atoms with Crippen LogP contribution in [0.1, 0.15) is 49.3 Å². The number of rotatable bonds is 18. The number of hydrogen-bond donors (Lipinski definition) is 4. The minimum absolute atomic E-state index is 0.206. The maximum absolute atomic E-state index is 11.4. The van der Waals surface area contributed by atoms with E-state index in [0.717, 1.165) is 27.6 Å². The van der Waals surface area contributed by atoms with Gasteiger partial charge in [-0.2, -0.15) is 0 Å². The molecule has 0 spiro atoms. The summed E-state index contributed by atoms with van der Waals surface area (Å²) in [6.45, 7) is 6.02. The molecule has 0 aliphatic heterocycles. The maximum atomic E-state index is 11.4. The van der Waals surface area contributed by atoms with E-state index in [1.54, 1.807) is 43.5 Å². The number of nitrogens with two attached hydrogens (primary N) is 4. The number of aryl methyl sites for hydroxylation is 3. The molecular formula is C58H60N16O11. The summed E-state index contributed by atoms with van der Waals surface area (Å²) in [6, 6.07) is 31.4. The molecule has 4 heterocycles. The Morgan fingerprint density at radius 1 is 0.435 bits per heavy atom. The van der Waals surface area contributed by atoms with Crippen LogP contribution in [0.3, 0.4) is 0 Å². The molecule has 0 atom stereocenters. The predicted molar refractivity (Wildman–Crippen MR) is 320 cm³/mol. The van der Waals surface area contributed by atoms with Crippen LogP contribution in [-0.2, 0) is 24.1 Å². The number of fused-ring (bicyclic) bond motifs is 1. The maximum Gasteiger partial charge on any atom is 0.337 e. The van der Waals surface area contributed by atoms with Gasteiger partial charge in [0.05, 0.1) is 44.6 Å². The van der Waals surface area contributed by atoms with Crippen LogP contribution in [0.25, 0.3) is 10.8 Å². The van der Waals surface area contributed by atoms with Crippen molar-refractivity contribution in [2.75, 3.05) is 65.6 Å². The summed E-state index contributed by atoms with van der Waals surface area (Å²) in [6.07, 6.45) is 10.9. The zero-order valence-electron chi connectivity index (χ0n) is 47.6. The molecule has 9 rings (SSSR count). The first kappa shape index (κ1) is 62.4. The molecule has 0 amide bonds. The summed E-state index contributed by atoms with van der Waals surface area (Å²) < 4.78 is 33.0. The summed E-state index contributed by atoms with van der Waals surface area (Å²) in [4.78, 5) is 61.9. The summed E-state index contributed by atoms with van der Waals surface area (Å²) in [5, 5.41) is 16.7. The monoisotopic (exact) mass is 1160 g/mol. The van der Waals surface area contributed by atoms with Crippen LogP contribution in [0.5, 0.6) is 52.3 Å². The van der Waals surface area contributed by atoms with Crippen molar-refractivity contribution >= 4 is 64.9 Å². The molecule has 438 valence electrons. The van der Waals surface area contributed by atoms with Crippen molar-refractivity contribution in [1.29, 1.82) is 0 Å². The highest BCUT2D eigenvalue weighted by atomic mass is 16.6. The van der Waals surface area contributed by atoms with Gasteiger partial charge in [-0.25, -0.2) is 44.7 Å². The fraction of sp³-hybridized carbons (Fsp3) is 0.155. The molecule has 0 aliphatic carbocycles. The Labute approximate surface area is 487 Å². The van der Waals surface area contributed by atoms with E-state index in [-0.39, 0.29) is 35.0 Å². The van der Waals surface area contributed by atoms with E-state index in [1.165, 1.54) is 91.3 Å². The highest BCUT2D eigenvalue weighted by molar-refractivity contribution is 5.92. The van der Waals surface area contributed by atoms with Crippen LogP contribution < -0.4 is 46.6 Å². The SMILES string of the molecule is CO/N=C/c1c(N)ncnc1Oc1c(C)cc(C)cc1C.CO/N=C/c1c(N)ncnc1Oc1ccc(C(=O)OC)cc1.CO/N=C/c1c(N)ncnc1Oc1cccc2ccccc12.CO/N=C/c1c(N)ncnc1Oc1ccccc1OC. The lowest BCUT2D eigenvalue weighted by Gasteiger charge is -2.13. The van der Waals surface area contributed by atoms with Gasteiger partial charge in [-0.05, 0) is 79.7 Å². The fourth-order valence-electron chi connectivity index (χ4n) is 7.31. The number of para-hydroxylation sites is 2. The van der Waals surface area contributed by atoms with Gasteiger partial charge in [0.2, 0.25) is 23.5 Å². The van der Waals surface area contributed by atoms with Crippen LogP contribution in [0, 0.1) is 20.8 Å². The second-order valence-corrected chi connectivity index (χ2v) is 16.9. The van der Waals surface area contributed by atoms with Gasteiger partial charge in [-0.1, -0.05) is 86.8 Å². The standard InChI is InChI=1S/C16H14N4O2.C15H18N4O2.C14H14N4O4.C13H14N4O3/c1-21-20-9-13-15(17)18-10-19-16(13)22-14-8-4-6-11-5-2-3-7-12(11)14;1-9-5-10(2)13(11(3)6-9)21-15-12(7-19-20-4)14(16)17-8-18-15;1-20-14(19)9-3-5-10(6-4-9)22-13-11(7-18-21-2)12(15)16-8-17-13;1-18-10-5-3-4-6-11(10)20-13-9(7-17-19-2)12(14)15-8-16-13/h2-10H,1H3,(H2,17,18,19);5-8H,1-4H3,(H2,16,17,18);3-8H,1-2H3,(H2,15,16,17);3-8H,1-2H3,(H2,14,15,16)/b20-9+;19-7+;18-7+;17-7+. The summed E-state index contributed by atoms with van der Waals surface area (Å²) in [5.74, 6) is 4.74. The van der Waals surface area contributed by atoms with E-state index >= 15 is 0 Å². The van der Waals surface area contributed by atoms with Crippen LogP contribution in [0.4, 0.5) is 23.3 Å². The molecule has 0 saturated heterocycles. The molecule has 8 N–H and O–H groups in total. The Morgan fingerprint density at radius 2 is 0.824 bits per heavy atom. The smallest absolute Gasteiger partial charge is 0.337 e. The molecule has 9 aromatic rings. The highest BCUT2D eigenvalue weighted by Crippen LogP contribution is 2.34. The topological polar surface area (TPSA) is 366 Å². The summed E-state index contributed by atoms with van der Waals surface area (Å²) in [5.41, 5.74) is 28.7. The Balaban J connectivity index is 0.000000182. The normalized spacial score (nSPS) is 10.7. The van der Waals surface area contributed by atoms with Crippen molar-refractivity contribution in [3.05, 3.63) is 173 Å². The van der Waals surface area contributed by atoms with Gasteiger partial charge in [0.25, 0.3) is 0 Å². The molecule has 0 unspecified atom stereocenters. The van der Waals surface area contributed by atoms with Gasteiger partial charge in [0.1, 0.15) is 117 Å². The first-order valence-corrected chi connectivity index (χ1v) is 25.0. The number of nitrogens with zero attached hydrogens (tertiary/aromatic N) is 12. The lowest BCUT2D eigenvalue weighted by molar-refractivity contribution is 0.0600. The summed E-state index contributed by atoms with van der Waals surface area (Å²) in [7, 11) is 8.61. The number of aromatic nitrogens is 8. The van der Waals surface area contributed by atoms with Crippen molar-refractivity contribution in [2.24, 2.45) is 20.6 Å². The number of benzene rings is 5. The Kier molecular flexibility index (Phi) is 23.4. The number of nitrogen functional groups attached to an aromatic ring is 4. The Morgan fingerprint density at radius 3 is 1.27 bits per heavy atom. The largest absolute Gasteiger partial charge is 0.493 e. The summed E-state index contributed by atoms with van der Waals surface area (Å²) >= 11 is 0. The average molecular weight is 1160 g/mol. The molecule has 4 aromatic heterocycles. The van der Waals surface area contributed by atoms with Crippen LogP contribution in [0.15, 0.2) is 149 Å². The molecule has 0 saturated carbocycles. The Hall–Kier alpha value is -11.8. The number of hydrogen-bond acceptors (Lipinski definition) is 27. The zero-order valence-corrected chi connectivity index (χ0v) is 47.6. The van der Waals surface area contributed by atoms with Crippen molar-refractivity contribution in [1.82, 2.24) is 39.9 Å². The number of ether oxygens (including phenoxy) is 6. The van der Waals surface area contributed by atoms with Crippen LogP contribution in [-0.4, -0.2) is 113 Å². The second kappa shape index (κ2) is 31.9. The molecule has 0 fully saturated rings. The number of oxime groups is 4. The molecule has 5 aromatic carbocycles. The Bertz CT molecular complexity index is 3770. The highest BCUT2D eigenvalue weighted by Gasteiger charge is 2.17. The number of carbonyl (C=O) groups is 1. The van der Waals surface area contributed by atoms with Gasteiger partial charge in [-0.15, -0.1) is 0 Å². The van der Waals surface area contributed by atoms with Gasteiger partial charge in [0.15, 0.2) is 11.5 Å². The van der Waals surface area contributed by atoms with Crippen molar-refractivity contribution in [3.8, 4) is 52.3 Å². The average Bonchev–Trinajstić information content (AvgIpc) is 3.34. The molecule has 85 heavy (non-hydrogen) atoms. The lowest BCUT2D eigenvalue weighted by atomic mass is 10.1. The number of carbonyl (C=O) groups excluding carboxylic acids is 1. The van der Waals surface area contributed by atoms with Crippen LogP contribution >= 0.6 is 0 Å². The van der Waals surface area contributed by atoms with Crippen molar-refractivity contribution in [2.45, 2.75) is 20.8 Å². The molecule has 0 bridgehead atoms. The number of esters is 1. The van der Waals surface area contributed by atoms with E-state index in [9.17, 15) is 4.79 Å². The van der Waals surface area contributed by atoms with E-state index < -0.39 is 5.97 Å². The molecule has 27 nitrogen and oxygen atoms in total. The van der Waals surface area contributed by atoms with Crippen molar-refractivity contribution in [3.63, 3.8) is 0 Å². The van der Waals surface area contributed by atoms with Gasteiger partial charge < -0.3 is 70.7 Å². The van der Waals surface area contributed by atoms with Gasteiger partial charge >= 0.3 is 5.97 Å². The quantitative estimate of drug-likeness (QED) is 0.0353.